The lowest BCUT2D eigenvalue weighted by molar-refractivity contribution is 0.417. The van der Waals surface area contributed by atoms with E-state index in [4.69, 9.17) is 0 Å². The van der Waals surface area contributed by atoms with E-state index in [0.29, 0.717) is 28.6 Å². The van der Waals surface area contributed by atoms with Crippen molar-refractivity contribution >= 4 is 33.1 Å². The lowest BCUT2D eigenvalue weighted by Gasteiger charge is -2.30. The molecule has 1 unspecified atom stereocenters. The largest absolute Gasteiger partial charge is 0.310 e. The van der Waals surface area contributed by atoms with Crippen molar-refractivity contribution in [2.24, 2.45) is 0 Å². The van der Waals surface area contributed by atoms with E-state index in [-0.39, 0.29) is 0 Å². The summed E-state index contributed by atoms with van der Waals surface area (Å²) in [4.78, 5) is 0. The average molecular weight is 347 g/mol. The van der Waals surface area contributed by atoms with E-state index in [1.807, 2.05) is 23.2 Å². The molecule has 1 saturated carbocycles. The van der Waals surface area contributed by atoms with Crippen molar-refractivity contribution in [3.05, 3.63) is 17.0 Å². The number of sulfonamides is 1. The fourth-order valence-electron chi connectivity index (χ4n) is 2.42. The van der Waals surface area contributed by atoms with Gasteiger partial charge in [-0.3, -0.25) is 0 Å². The zero-order chi connectivity index (χ0) is 14.9. The van der Waals surface area contributed by atoms with Crippen molar-refractivity contribution < 1.29 is 8.42 Å². The van der Waals surface area contributed by atoms with Crippen LogP contribution in [0.15, 0.2) is 15.7 Å². The molecule has 118 valence electrons. The predicted octanol–water partition coefficient (Wildman–Crippen LogP) is 2.52. The van der Waals surface area contributed by atoms with Crippen LogP contribution >= 0.6 is 23.1 Å². The molecule has 2 aliphatic rings. The zero-order valence-electron chi connectivity index (χ0n) is 12.2. The zero-order valence-corrected chi connectivity index (χ0v) is 14.7. The number of rotatable bonds is 6. The van der Waals surface area contributed by atoms with Gasteiger partial charge in [-0.2, -0.15) is 16.1 Å². The van der Waals surface area contributed by atoms with Crippen LogP contribution < -0.4 is 5.32 Å². The molecule has 0 aromatic carbocycles. The van der Waals surface area contributed by atoms with Crippen LogP contribution in [0.3, 0.4) is 0 Å². The van der Waals surface area contributed by atoms with Gasteiger partial charge in [0.15, 0.2) is 0 Å². The lowest BCUT2D eigenvalue weighted by atomic mass is 10.3. The molecule has 3 rings (SSSR count). The van der Waals surface area contributed by atoms with E-state index in [1.54, 1.807) is 4.31 Å². The molecule has 1 N–H and O–H groups in total. The Hall–Kier alpha value is -0.0800. The number of hydrogen-bond acceptors (Lipinski definition) is 5. The Bertz CT molecular complexity index is 581. The molecule has 0 spiro atoms. The highest BCUT2D eigenvalue weighted by Crippen LogP contribution is 2.29. The van der Waals surface area contributed by atoms with Crippen LogP contribution in [0.5, 0.6) is 0 Å². The minimum atomic E-state index is -3.30. The third kappa shape index (κ3) is 3.82. The first kappa shape index (κ1) is 15.8. The van der Waals surface area contributed by atoms with Crippen LogP contribution in [0.2, 0.25) is 0 Å². The highest BCUT2D eigenvalue weighted by atomic mass is 32.2. The Morgan fingerprint density at radius 1 is 1.43 bits per heavy atom. The highest BCUT2D eigenvalue weighted by Gasteiger charge is 2.31. The summed E-state index contributed by atoms with van der Waals surface area (Å²) in [6.45, 7) is 4.19. The number of thiophene rings is 1. The fourth-order valence-corrected chi connectivity index (χ4v) is 6.65. The maximum Gasteiger partial charge on any atom is 0.252 e. The van der Waals surface area contributed by atoms with Gasteiger partial charge in [-0.15, -0.1) is 11.3 Å². The van der Waals surface area contributed by atoms with Gasteiger partial charge in [0, 0.05) is 36.7 Å². The molecule has 1 aromatic heterocycles. The second kappa shape index (κ2) is 6.58. The Kier molecular flexibility index (Phi) is 4.95. The summed E-state index contributed by atoms with van der Waals surface area (Å²) in [6, 6.07) is 2.49. The Morgan fingerprint density at radius 3 is 2.95 bits per heavy atom. The van der Waals surface area contributed by atoms with E-state index in [0.717, 1.165) is 24.3 Å². The minimum Gasteiger partial charge on any atom is -0.310 e. The Labute approximate surface area is 135 Å². The second-order valence-corrected chi connectivity index (χ2v) is 10.2. The Morgan fingerprint density at radius 2 is 2.24 bits per heavy atom. The van der Waals surface area contributed by atoms with Crippen LogP contribution in [0.1, 0.15) is 31.7 Å². The molecule has 1 saturated heterocycles. The maximum atomic E-state index is 12.7. The molecule has 1 aliphatic carbocycles. The normalized spacial score (nSPS) is 24.3. The summed E-state index contributed by atoms with van der Waals surface area (Å²) in [5.74, 6) is 0.902. The summed E-state index contributed by atoms with van der Waals surface area (Å²) in [5, 5.41) is 5.83. The molecule has 0 amide bonds. The van der Waals surface area contributed by atoms with Gasteiger partial charge in [0.1, 0.15) is 4.21 Å². The maximum absolute atomic E-state index is 12.7. The lowest BCUT2D eigenvalue weighted by Crippen LogP contribution is -2.41. The van der Waals surface area contributed by atoms with Gasteiger partial charge in [-0.1, -0.05) is 6.92 Å². The van der Waals surface area contributed by atoms with Crippen LogP contribution in [0, 0.1) is 0 Å². The van der Waals surface area contributed by atoms with Gasteiger partial charge in [0.05, 0.1) is 0 Å². The number of hydrogen-bond donors (Lipinski definition) is 1. The SMILES string of the molecule is CCC1CN(S(=O)(=O)c2cc(CNC3CC3)cs2)CCS1. The van der Waals surface area contributed by atoms with Gasteiger partial charge in [-0.25, -0.2) is 8.42 Å². The topological polar surface area (TPSA) is 49.4 Å². The van der Waals surface area contributed by atoms with E-state index >= 15 is 0 Å². The molecule has 4 nitrogen and oxygen atoms in total. The number of nitrogens with zero attached hydrogens (tertiary/aromatic N) is 1. The van der Waals surface area contributed by atoms with E-state index < -0.39 is 10.0 Å². The first-order valence-corrected chi connectivity index (χ1v) is 10.9. The van der Waals surface area contributed by atoms with Gasteiger partial charge in [0.25, 0.3) is 10.0 Å². The van der Waals surface area contributed by atoms with Gasteiger partial charge in [0.2, 0.25) is 0 Å². The predicted molar refractivity (Wildman–Crippen MR) is 89.5 cm³/mol. The molecular formula is C14H22N2O2S3. The summed E-state index contributed by atoms with van der Waals surface area (Å²) in [6.07, 6.45) is 3.52. The molecule has 21 heavy (non-hydrogen) atoms. The molecule has 7 heteroatoms. The summed E-state index contributed by atoms with van der Waals surface area (Å²) in [7, 11) is -3.30. The molecule has 0 bridgehead atoms. The highest BCUT2D eigenvalue weighted by molar-refractivity contribution is 8.00. The third-order valence-electron chi connectivity index (χ3n) is 3.95. The average Bonchev–Trinajstić information content (AvgIpc) is 3.21. The third-order valence-corrected chi connectivity index (χ3v) is 8.65. The standard InChI is InChI=1S/C14H22N2O2S3/c1-2-13-9-16(5-6-19-13)21(17,18)14-7-11(10-20-14)8-15-12-3-4-12/h7,10,12-13,15H,2-6,8-9H2,1H3. The summed E-state index contributed by atoms with van der Waals surface area (Å²) >= 11 is 3.24. The molecule has 2 heterocycles. The van der Waals surface area contributed by atoms with Crippen molar-refractivity contribution in [2.75, 3.05) is 18.8 Å². The van der Waals surface area contributed by atoms with Gasteiger partial charge < -0.3 is 5.32 Å². The molecular weight excluding hydrogens is 324 g/mol. The quantitative estimate of drug-likeness (QED) is 0.860. The smallest absolute Gasteiger partial charge is 0.252 e. The van der Waals surface area contributed by atoms with E-state index in [2.05, 4.69) is 12.2 Å². The van der Waals surface area contributed by atoms with Crippen LogP contribution in [0.25, 0.3) is 0 Å². The van der Waals surface area contributed by atoms with E-state index in [1.165, 1.54) is 24.2 Å². The van der Waals surface area contributed by atoms with Crippen LogP contribution in [-0.2, 0) is 16.6 Å². The van der Waals surface area contributed by atoms with Crippen molar-refractivity contribution in [2.45, 2.75) is 48.2 Å². The summed E-state index contributed by atoms with van der Waals surface area (Å²) in [5.41, 5.74) is 1.09. The fraction of sp³-hybridized carbons (Fsp3) is 0.714. The molecule has 1 aromatic rings. The van der Waals surface area contributed by atoms with Crippen molar-refractivity contribution in [3.63, 3.8) is 0 Å². The minimum absolute atomic E-state index is 0.435. The first-order chi connectivity index (χ1) is 10.1. The molecule has 2 fully saturated rings. The monoisotopic (exact) mass is 346 g/mol. The Balaban J connectivity index is 1.68. The second-order valence-electron chi connectivity index (χ2n) is 5.69. The van der Waals surface area contributed by atoms with Crippen LogP contribution in [0.4, 0.5) is 0 Å². The molecule has 1 atom stereocenters. The summed E-state index contributed by atoms with van der Waals surface area (Å²) < 4.78 is 27.6. The number of thioether (sulfide) groups is 1. The van der Waals surface area contributed by atoms with Crippen molar-refractivity contribution in [1.29, 1.82) is 0 Å². The molecule has 1 aliphatic heterocycles. The van der Waals surface area contributed by atoms with Crippen LogP contribution in [-0.4, -0.2) is 42.9 Å². The van der Waals surface area contributed by atoms with Gasteiger partial charge in [-0.05, 0) is 36.3 Å². The number of nitrogens with one attached hydrogen (secondary N) is 1. The first-order valence-electron chi connectivity index (χ1n) is 7.52. The van der Waals surface area contributed by atoms with Crippen molar-refractivity contribution in [1.82, 2.24) is 9.62 Å². The molecule has 0 radical (unpaired) electrons. The van der Waals surface area contributed by atoms with E-state index in [9.17, 15) is 8.42 Å². The van der Waals surface area contributed by atoms with Gasteiger partial charge >= 0.3 is 0 Å². The van der Waals surface area contributed by atoms with Crippen molar-refractivity contribution in [3.8, 4) is 0 Å².